The first-order chi connectivity index (χ1) is 9.22. The maximum Gasteiger partial charge on any atom is 0.223 e. The Morgan fingerprint density at radius 1 is 1.37 bits per heavy atom. The van der Waals surface area contributed by atoms with E-state index in [1.807, 2.05) is 23.1 Å². The molecule has 2 nitrogen and oxygen atoms in total. The Morgan fingerprint density at radius 3 is 2.89 bits per heavy atom. The number of carbonyl (C=O) groups is 1. The zero-order chi connectivity index (χ0) is 13.7. The fourth-order valence-electron chi connectivity index (χ4n) is 2.39. The molecule has 1 aliphatic rings. The zero-order valence-corrected chi connectivity index (χ0v) is 13.5. The van der Waals surface area contributed by atoms with E-state index in [0.29, 0.717) is 5.91 Å². The summed E-state index contributed by atoms with van der Waals surface area (Å²) in [5, 5.41) is 0.275. The minimum atomic E-state index is 0.275. The van der Waals surface area contributed by atoms with Crippen molar-refractivity contribution in [1.29, 1.82) is 0 Å². The number of thiophene rings is 1. The molecule has 1 amide bonds. The summed E-state index contributed by atoms with van der Waals surface area (Å²) in [6.07, 6.45) is 5.43. The number of thioether (sulfide) groups is 1. The lowest BCUT2D eigenvalue weighted by atomic mass is 10.1. The van der Waals surface area contributed by atoms with Crippen LogP contribution in [-0.4, -0.2) is 23.1 Å². The zero-order valence-electron chi connectivity index (χ0n) is 11.9. The topological polar surface area (TPSA) is 20.3 Å². The van der Waals surface area contributed by atoms with Gasteiger partial charge in [-0.2, -0.15) is 0 Å². The first kappa shape index (κ1) is 14.9. The molecule has 0 radical (unpaired) electrons. The Kier molecular flexibility index (Phi) is 5.76. The lowest BCUT2D eigenvalue weighted by Crippen LogP contribution is -2.29. The Labute approximate surface area is 124 Å². The fourth-order valence-corrected chi connectivity index (χ4v) is 4.79. The van der Waals surface area contributed by atoms with Gasteiger partial charge in [0.05, 0.1) is 0 Å². The van der Waals surface area contributed by atoms with Crippen molar-refractivity contribution in [3.63, 3.8) is 0 Å². The Bertz CT molecular complexity index is 416. The molecule has 0 aromatic carbocycles. The van der Waals surface area contributed by atoms with E-state index in [2.05, 4.69) is 30.9 Å². The van der Waals surface area contributed by atoms with Crippen LogP contribution < -0.4 is 0 Å². The van der Waals surface area contributed by atoms with E-state index in [-0.39, 0.29) is 5.37 Å². The number of hydrogen-bond acceptors (Lipinski definition) is 3. The largest absolute Gasteiger partial charge is 0.325 e. The lowest BCUT2D eigenvalue weighted by molar-refractivity contribution is -0.131. The van der Waals surface area contributed by atoms with Gasteiger partial charge in [-0.05, 0) is 25.5 Å². The molecular weight excluding hydrogens is 274 g/mol. The summed E-state index contributed by atoms with van der Waals surface area (Å²) in [5.74, 6) is 1.42. The van der Waals surface area contributed by atoms with E-state index in [1.165, 1.54) is 29.0 Å². The van der Waals surface area contributed by atoms with Gasteiger partial charge in [-0.15, -0.1) is 23.1 Å². The van der Waals surface area contributed by atoms with Crippen LogP contribution in [0, 0.1) is 6.92 Å². The number of unbranched alkanes of at least 4 members (excludes halogenated alkanes) is 3. The molecule has 1 atom stereocenters. The maximum absolute atomic E-state index is 12.3. The van der Waals surface area contributed by atoms with Gasteiger partial charge in [-0.3, -0.25) is 4.79 Å². The average Bonchev–Trinajstić information content (AvgIpc) is 3.02. The van der Waals surface area contributed by atoms with Gasteiger partial charge in [0, 0.05) is 28.5 Å². The highest BCUT2D eigenvalue weighted by Crippen LogP contribution is 2.41. The molecule has 0 N–H and O–H groups in total. The summed E-state index contributed by atoms with van der Waals surface area (Å²) in [7, 11) is 0. The Hall–Kier alpha value is -0.480. The molecule has 2 rings (SSSR count). The highest BCUT2D eigenvalue weighted by Gasteiger charge is 2.30. The number of carbonyl (C=O) groups excluding carboxylic acids is 1. The molecular formula is C15H23NOS2. The highest BCUT2D eigenvalue weighted by molar-refractivity contribution is 7.99. The minimum Gasteiger partial charge on any atom is -0.325 e. The van der Waals surface area contributed by atoms with Crippen molar-refractivity contribution in [1.82, 2.24) is 4.90 Å². The Balaban J connectivity index is 1.89. The van der Waals surface area contributed by atoms with Crippen molar-refractivity contribution in [3.05, 3.63) is 21.9 Å². The predicted octanol–water partition coefficient (Wildman–Crippen LogP) is 4.60. The van der Waals surface area contributed by atoms with Crippen molar-refractivity contribution in [2.45, 2.75) is 51.3 Å². The van der Waals surface area contributed by atoms with E-state index >= 15 is 0 Å². The summed E-state index contributed by atoms with van der Waals surface area (Å²) in [6, 6.07) is 4.34. The van der Waals surface area contributed by atoms with Crippen LogP contribution in [0.5, 0.6) is 0 Å². The van der Waals surface area contributed by atoms with Crippen LogP contribution in [0.1, 0.15) is 54.2 Å². The molecule has 0 bridgehead atoms. The lowest BCUT2D eigenvalue weighted by Gasteiger charge is -2.23. The average molecular weight is 297 g/mol. The van der Waals surface area contributed by atoms with E-state index in [4.69, 9.17) is 0 Å². The number of hydrogen-bond donors (Lipinski definition) is 0. The second-order valence-corrected chi connectivity index (χ2v) is 7.58. The number of rotatable bonds is 6. The molecule has 0 saturated carbocycles. The molecule has 1 aliphatic heterocycles. The third kappa shape index (κ3) is 3.99. The molecule has 1 saturated heterocycles. The maximum atomic E-state index is 12.3. The van der Waals surface area contributed by atoms with E-state index < -0.39 is 0 Å². The molecule has 0 aliphatic carbocycles. The van der Waals surface area contributed by atoms with Crippen LogP contribution in [0.15, 0.2) is 12.1 Å². The minimum absolute atomic E-state index is 0.275. The monoisotopic (exact) mass is 297 g/mol. The van der Waals surface area contributed by atoms with Gasteiger partial charge < -0.3 is 4.90 Å². The second-order valence-electron chi connectivity index (χ2n) is 5.07. The summed E-state index contributed by atoms with van der Waals surface area (Å²) in [4.78, 5) is 17.1. The molecule has 19 heavy (non-hydrogen) atoms. The van der Waals surface area contributed by atoms with Crippen LogP contribution >= 0.6 is 23.1 Å². The van der Waals surface area contributed by atoms with Gasteiger partial charge in [0.2, 0.25) is 5.91 Å². The summed E-state index contributed by atoms with van der Waals surface area (Å²) < 4.78 is 0. The fraction of sp³-hybridized carbons (Fsp3) is 0.667. The van der Waals surface area contributed by atoms with Gasteiger partial charge >= 0.3 is 0 Å². The standard InChI is InChI=1S/C15H23NOS2/c1-3-4-5-6-7-14(17)16-10-11-18-15(16)13-9-8-12(2)19-13/h8-9,15H,3-7,10-11H2,1-2H3/t15-/m1/s1. The first-order valence-electron chi connectivity index (χ1n) is 7.19. The Morgan fingerprint density at radius 2 is 2.21 bits per heavy atom. The number of amides is 1. The molecule has 0 spiro atoms. The first-order valence-corrected chi connectivity index (χ1v) is 9.06. The van der Waals surface area contributed by atoms with Gasteiger partial charge in [0.25, 0.3) is 0 Å². The third-order valence-electron chi connectivity index (χ3n) is 3.46. The quantitative estimate of drug-likeness (QED) is 0.715. The van der Waals surface area contributed by atoms with Crippen molar-refractivity contribution >= 4 is 29.0 Å². The third-order valence-corrected chi connectivity index (χ3v) is 5.90. The highest BCUT2D eigenvalue weighted by atomic mass is 32.2. The van der Waals surface area contributed by atoms with Gasteiger partial charge in [0.1, 0.15) is 5.37 Å². The van der Waals surface area contributed by atoms with Gasteiger partial charge in [0.15, 0.2) is 0 Å². The van der Waals surface area contributed by atoms with Crippen molar-refractivity contribution in [3.8, 4) is 0 Å². The van der Waals surface area contributed by atoms with E-state index in [1.54, 1.807) is 0 Å². The van der Waals surface area contributed by atoms with Crippen LogP contribution in [0.25, 0.3) is 0 Å². The molecule has 1 aromatic heterocycles. The van der Waals surface area contributed by atoms with Gasteiger partial charge in [-0.1, -0.05) is 26.2 Å². The molecule has 1 fully saturated rings. The van der Waals surface area contributed by atoms with Gasteiger partial charge in [-0.25, -0.2) is 0 Å². The summed E-state index contributed by atoms with van der Waals surface area (Å²) >= 11 is 3.73. The van der Waals surface area contributed by atoms with Crippen LogP contribution in [-0.2, 0) is 4.79 Å². The van der Waals surface area contributed by atoms with Crippen LogP contribution in [0.2, 0.25) is 0 Å². The molecule has 2 heterocycles. The predicted molar refractivity (Wildman–Crippen MR) is 84.7 cm³/mol. The van der Waals surface area contributed by atoms with E-state index in [9.17, 15) is 4.79 Å². The summed E-state index contributed by atoms with van der Waals surface area (Å²) in [6.45, 7) is 5.25. The van der Waals surface area contributed by atoms with Crippen molar-refractivity contribution in [2.24, 2.45) is 0 Å². The van der Waals surface area contributed by atoms with Crippen LogP contribution in [0.3, 0.4) is 0 Å². The molecule has 4 heteroatoms. The second kappa shape index (κ2) is 7.34. The van der Waals surface area contributed by atoms with E-state index in [0.717, 1.165) is 25.1 Å². The number of aryl methyl sites for hydroxylation is 1. The SMILES string of the molecule is CCCCCCC(=O)N1CCS[C@@H]1c1ccc(C)s1. The molecule has 1 aromatic rings. The smallest absolute Gasteiger partial charge is 0.223 e. The summed E-state index contributed by atoms with van der Waals surface area (Å²) in [5.41, 5.74) is 0. The van der Waals surface area contributed by atoms with Crippen molar-refractivity contribution < 1.29 is 4.79 Å². The normalized spacial score (nSPS) is 19.1. The number of nitrogens with zero attached hydrogens (tertiary/aromatic N) is 1. The molecule has 0 unspecified atom stereocenters. The van der Waals surface area contributed by atoms with Crippen LogP contribution in [0.4, 0.5) is 0 Å². The molecule has 106 valence electrons. The van der Waals surface area contributed by atoms with Crippen molar-refractivity contribution in [2.75, 3.05) is 12.3 Å².